The van der Waals surface area contributed by atoms with Gasteiger partial charge in [0, 0.05) is 11.5 Å². The van der Waals surface area contributed by atoms with Crippen molar-refractivity contribution in [2.24, 2.45) is 5.92 Å². The SMILES string of the molecule is CCCCCCCCC1C(C)C(=O)c2ccccc2N1C#N. The van der Waals surface area contributed by atoms with E-state index in [1.807, 2.05) is 31.2 Å². The van der Waals surface area contributed by atoms with Crippen LogP contribution >= 0.6 is 0 Å². The van der Waals surface area contributed by atoms with Gasteiger partial charge in [0.2, 0.25) is 0 Å². The minimum absolute atomic E-state index is 0.0126. The number of benzene rings is 1. The van der Waals surface area contributed by atoms with Gasteiger partial charge in [-0.2, -0.15) is 5.26 Å². The third kappa shape index (κ3) is 3.50. The molecule has 0 spiro atoms. The highest BCUT2D eigenvalue weighted by atomic mass is 16.1. The third-order valence-electron chi connectivity index (χ3n) is 4.71. The highest BCUT2D eigenvalue weighted by Gasteiger charge is 2.37. The van der Waals surface area contributed by atoms with Crippen LogP contribution in [0.4, 0.5) is 5.69 Å². The van der Waals surface area contributed by atoms with Crippen LogP contribution in [0.3, 0.4) is 0 Å². The van der Waals surface area contributed by atoms with E-state index >= 15 is 0 Å². The summed E-state index contributed by atoms with van der Waals surface area (Å²) in [4.78, 5) is 14.3. The summed E-state index contributed by atoms with van der Waals surface area (Å²) in [7, 11) is 0. The summed E-state index contributed by atoms with van der Waals surface area (Å²) in [6, 6.07) is 7.50. The molecule has 3 heteroatoms. The Morgan fingerprint density at radius 3 is 2.55 bits per heavy atom. The number of carbonyl (C=O) groups excluding carboxylic acids is 1. The van der Waals surface area contributed by atoms with Crippen molar-refractivity contribution in [2.75, 3.05) is 4.90 Å². The largest absolute Gasteiger partial charge is 0.294 e. The zero-order valence-corrected chi connectivity index (χ0v) is 13.7. The molecule has 2 atom stereocenters. The van der Waals surface area contributed by atoms with E-state index < -0.39 is 0 Å². The van der Waals surface area contributed by atoms with E-state index in [2.05, 4.69) is 13.1 Å². The predicted octanol–water partition coefficient (Wildman–Crippen LogP) is 4.93. The van der Waals surface area contributed by atoms with Crippen LogP contribution in [0.1, 0.15) is 69.2 Å². The van der Waals surface area contributed by atoms with Crippen LogP contribution in [0.2, 0.25) is 0 Å². The first-order chi connectivity index (χ1) is 10.7. The molecule has 2 unspecified atom stereocenters. The number of carbonyl (C=O) groups is 1. The number of hydrogen-bond donors (Lipinski definition) is 0. The van der Waals surface area contributed by atoms with Gasteiger partial charge in [-0.1, -0.05) is 64.5 Å². The van der Waals surface area contributed by atoms with Gasteiger partial charge in [-0.05, 0) is 18.6 Å². The first-order valence-electron chi connectivity index (χ1n) is 8.53. The molecule has 22 heavy (non-hydrogen) atoms. The maximum absolute atomic E-state index is 12.5. The number of rotatable bonds is 7. The smallest absolute Gasteiger partial charge is 0.184 e. The lowest BCUT2D eigenvalue weighted by atomic mass is 9.83. The molecule has 0 aromatic heterocycles. The van der Waals surface area contributed by atoms with E-state index in [0.29, 0.717) is 5.56 Å². The summed E-state index contributed by atoms with van der Waals surface area (Å²) < 4.78 is 0. The molecule has 118 valence electrons. The van der Waals surface area contributed by atoms with Crippen molar-refractivity contribution in [3.63, 3.8) is 0 Å². The lowest BCUT2D eigenvalue weighted by Crippen LogP contribution is -2.44. The average molecular weight is 298 g/mol. The Morgan fingerprint density at radius 1 is 1.14 bits per heavy atom. The minimum Gasteiger partial charge on any atom is -0.294 e. The molecule has 0 aliphatic carbocycles. The predicted molar refractivity (Wildman–Crippen MR) is 89.8 cm³/mol. The molecule has 1 aromatic carbocycles. The van der Waals surface area contributed by atoms with E-state index in [-0.39, 0.29) is 17.7 Å². The van der Waals surface area contributed by atoms with Gasteiger partial charge in [-0.15, -0.1) is 0 Å². The maximum atomic E-state index is 12.5. The zero-order chi connectivity index (χ0) is 15.9. The average Bonchev–Trinajstić information content (AvgIpc) is 2.55. The van der Waals surface area contributed by atoms with E-state index in [1.165, 1.54) is 32.1 Å². The Morgan fingerprint density at radius 2 is 1.82 bits per heavy atom. The molecule has 0 fully saturated rings. The summed E-state index contributed by atoms with van der Waals surface area (Å²) in [5.41, 5.74) is 1.47. The van der Waals surface area contributed by atoms with Crippen molar-refractivity contribution in [2.45, 2.75) is 64.8 Å². The molecule has 1 heterocycles. The molecule has 0 N–H and O–H groups in total. The number of anilines is 1. The summed E-state index contributed by atoms with van der Waals surface area (Å²) in [5, 5.41) is 9.55. The first-order valence-corrected chi connectivity index (χ1v) is 8.53. The fourth-order valence-electron chi connectivity index (χ4n) is 3.36. The second kappa shape index (κ2) is 7.98. The van der Waals surface area contributed by atoms with Crippen molar-refractivity contribution in [1.82, 2.24) is 0 Å². The number of Topliss-reactive ketones (excluding diaryl/α,β-unsaturated/α-hetero) is 1. The Balaban J connectivity index is 2.02. The topological polar surface area (TPSA) is 44.1 Å². The van der Waals surface area contributed by atoms with Gasteiger partial charge in [0.25, 0.3) is 0 Å². The van der Waals surface area contributed by atoms with Gasteiger partial charge in [0.15, 0.2) is 12.0 Å². The van der Waals surface area contributed by atoms with Crippen LogP contribution in [-0.2, 0) is 0 Å². The monoisotopic (exact) mass is 298 g/mol. The lowest BCUT2D eigenvalue weighted by Gasteiger charge is -2.36. The van der Waals surface area contributed by atoms with Crippen LogP contribution in [-0.4, -0.2) is 11.8 Å². The van der Waals surface area contributed by atoms with E-state index in [1.54, 1.807) is 4.90 Å². The Hall–Kier alpha value is -1.82. The van der Waals surface area contributed by atoms with Gasteiger partial charge < -0.3 is 0 Å². The normalized spacial score (nSPS) is 20.6. The van der Waals surface area contributed by atoms with E-state index in [9.17, 15) is 10.1 Å². The van der Waals surface area contributed by atoms with Crippen molar-refractivity contribution in [3.8, 4) is 6.19 Å². The molecular formula is C19H26N2O. The fraction of sp³-hybridized carbons (Fsp3) is 0.579. The van der Waals surface area contributed by atoms with Crippen LogP contribution in [0.25, 0.3) is 0 Å². The van der Waals surface area contributed by atoms with Gasteiger partial charge in [0.05, 0.1) is 11.7 Å². The van der Waals surface area contributed by atoms with Crippen LogP contribution in [0.15, 0.2) is 24.3 Å². The molecule has 1 aliphatic heterocycles. The Labute approximate surface area is 133 Å². The zero-order valence-electron chi connectivity index (χ0n) is 13.7. The molecule has 2 rings (SSSR count). The molecule has 0 saturated heterocycles. The molecule has 1 aromatic rings. The van der Waals surface area contributed by atoms with Crippen molar-refractivity contribution in [1.29, 1.82) is 5.26 Å². The highest BCUT2D eigenvalue weighted by molar-refractivity contribution is 6.05. The van der Waals surface area contributed by atoms with Gasteiger partial charge in [-0.3, -0.25) is 9.69 Å². The minimum atomic E-state index is -0.106. The van der Waals surface area contributed by atoms with Crippen LogP contribution in [0, 0.1) is 17.4 Å². The first kappa shape index (κ1) is 16.5. The second-order valence-electron chi connectivity index (χ2n) is 6.26. The number of hydrogen-bond acceptors (Lipinski definition) is 3. The van der Waals surface area contributed by atoms with Crippen LogP contribution < -0.4 is 4.90 Å². The number of ketones is 1. The molecule has 0 amide bonds. The number of unbranched alkanes of at least 4 members (excludes halogenated alkanes) is 5. The number of nitriles is 1. The molecule has 0 saturated carbocycles. The molecule has 3 nitrogen and oxygen atoms in total. The van der Waals surface area contributed by atoms with Gasteiger partial charge in [-0.25, -0.2) is 0 Å². The highest BCUT2D eigenvalue weighted by Crippen LogP contribution is 2.35. The molecule has 0 bridgehead atoms. The number of nitrogens with zero attached hydrogens (tertiary/aromatic N) is 2. The maximum Gasteiger partial charge on any atom is 0.184 e. The summed E-state index contributed by atoms with van der Waals surface area (Å²) in [6.45, 7) is 4.18. The molecular weight excluding hydrogens is 272 g/mol. The number of para-hydroxylation sites is 1. The molecule has 1 aliphatic rings. The third-order valence-corrected chi connectivity index (χ3v) is 4.71. The van der Waals surface area contributed by atoms with E-state index in [0.717, 1.165) is 18.5 Å². The van der Waals surface area contributed by atoms with Crippen molar-refractivity contribution >= 4 is 11.5 Å². The summed E-state index contributed by atoms with van der Waals surface area (Å²) in [6.07, 6.45) is 10.6. The quantitative estimate of drug-likeness (QED) is 0.530. The van der Waals surface area contributed by atoms with Gasteiger partial charge >= 0.3 is 0 Å². The van der Waals surface area contributed by atoms with Crippen LogP contribution in [0.5, 0.6) is 0 Å². The summed E-state index contributed by atoms with van der Waals surface area (Å²) in [5.74, 6) is 0.0725. The summed E-state index contributed by atoms with van der Waals surface area (Å²) >= 11 is 0. The lowest BCUT2D eigenvalue weighted by molar-refractivity contribution is 0.0900. The Kier molecular flexibility index (Phi) is 6.00. The Bertz CT molecular complexity index is 547. The van der Waals surface area contributed by atoms with E-state index in [4.69, 9.17) is 0 Å². The second-order valence-corrected chi connectivity index (χ2v) is 6.26. The standard InChI is InChI=1S/C19H26N2O/c1-3-4-5-6-7-8-12-17-15(2)19(22)16-11-9-10-13-18(16)21(17)14-20/h9-11,13,15,17H,3-8,12H2,1-2H3. The van der Waals surface area contributed by atoms with Crippen molar-refractivity contribution < 1.29 is 4.79 Å². The number of fused-ring (bicyclic) bond motifs is 1. The fourth-order valence-corrected chi connectivity index (χ4v) is 3.36. The van der Waals surface area contributed by atoms with Crippen molar-refractivity contribution in [3.05, 3.63) is 29.8 Å². The van der Waals surface area contributed by atoms with Gasteiger partial charge in [0.1, 0.15) is 0 Å². The molecule has 0 radical (unpaired) electrons.